The van der Waals surface area contributed by atoms with Gasteiger partial charge in [-0.05, 0) is 6.42 Å². The van der Waals surface area contributed by atoms with E-state index in [0.717, 1.165) is 0 Å². The molecule has 0 aromatic heterocycles. The third-order valence-electron chi connectivity index (χ3n) is 1.96. The average molecular weight is 235 g/mol. The minimum absolute atomic E-state index is 0.0540. The number of carboxylic acids is 1. The Morgan fingerprint density at radius 1 is 1.40 bits per heavy atom. The highest BCUT2D eigenvalue weighted by atomic mass is 32.2. The Morgan fingerprint density at radius 3 is 2.53 bits per heavy atom. The Kier molecular flexibility index (Phi) is 3.51. The van der Waals surface area contributed by atoms with Crippen LogP contribution < -0.4 is 15.7 Å². The zero-order valence-corrected chi connectivity index (χ0v) is 8.67. The maximum absolute atomic E-state index is 11.0. The van der Waals surface area contributed by atoms with Crippen molar-refractivity contribution < 1.29 is 23.1 Å². The number of carbonyl (C=O) groups is 2. The van der Waals surface area contributed by atoms with Gasteiger partial charge in [0.1, 0.15) is 0 Å². The maximum atomic E-state index is 11.0. The molecule has 86 valence electrons. The van der Waals surface area contributed by atoms with E-state index in [-0.39, 0.29) is 11.5 Å². The van der Waals surface area contributed by atoms with Crippen LogP contribution in [0.4, 0.5) is 4.79 Å². The van der Waals surface area contributed by atoms with Crippen LogP contribution >= 0.6 is 0 Å². The van der Waals surface area contributed by atoms with Crippen LogP contribution in [-0.4, -0.2) is 44.5 Å². The summed E-state index contributed by atoms with van der Waals surface area (Å²) in [5.74, 6) is -1.44. The van der Waals surface area contributed by atoms with Crippen LogP contribution in [0.1, 0.15) is 6.42 Å². The van der Waals surface area contributed by atoms with Gasteiger partial charge in [-0.25, -0.2) is 13.2 Å². The van der Waals surface area contributed by atoms with Crippen molar-refractivity contribution in [2.45, 2.75) is 12.5 Å². The number of aliphatic carboxylic acids is 1. The van der Waals surface area contributed by atoms with Gasteiger partial charge in [-0.2, -0.15) is 0 Å². The van der Waals surface area contributed by atoms with Gasteiger partial charge in [0.05, 0.1) is 24.0 Å². The fourth-order valence-corrected chi connectivity index (χ4v) is 2.97. The minimum Gasteiger partial charge on any atom is -0.548 e. The zero-order chi connectivity index (χ0) is 11.5. The monoisotopic (exact) mass is 235 g/mol. The van der Waals surface area contributed by atoms with Gasteiger partial charge < -0.3 is 20.5 Å². The van der Waals surface area contributed by atoms with E-state index in [2.05, 4.69) is 5.32 Å². The van der Waals surface area contributed by atoms with E-state index < -0.39 is 34.4 Å². The highest BCUT2D eigenvalue weighted by Gasteiger charge is 2.28. The predicted molar refractivity (Wildman–Crippen MR) is 48.6 cm³/mol. The summed E-state index contributed by atoms with van der Waals surface area (Å²) in [6.07, 6.45) is 0.362. The van der Waals surface area contributed by atoms with Crippen molar-refractivity contribution in [3.8, 4) is 0 Å². The van der Waals surface area contributed by atoms with Crippen molar-refractivity contribution in [3.05, 3.63) is 0 Å². The predicted octanol–water partition coefficient (Wildman–Crippen LogP) is -2.78. The number of amides is 2. The summed E-state index contributed by atoms with van der Waals surface area (Å²) in [4.78, 5) is 21.0. The van der Waals surface area contributed by atoms with Crippen LogP contribution in [0.5, 0.6) is 0 Å². The molecule has 0 aromatic carbocycles. The van der Waals surface area contributed by atoms with Gasteiger partial charge in [0, 0.05) is 6.04 Å². The molecule has 1 fully saturated rings. The van der Waals surface area contributed by atoms with E-state index in [9.17, 15) is 23.1 Å². The molecule has 1 atom stereocenters. The van der Waals surface area contributed by atoms with Gasteiger partial charge in [-0.3, -0.25) is 0 Å². The highest BCUT2D eigenvalue weighted by Crippen LogP contribution is 2.10. The Bertz CT molecular complexity index is 364. The van der Waals surface area contributed by atoms with Crippen LogP contribution in [0.3, 0.4) is 0 Å². The van der Waals surface area contributed by atoms with Crippen LogP contribution in [0.15, 0.2) is 0 Å². The Morgan fingerprint density at radius 2 is 2.07 bits per heavy atom. The molecule has 7 nitrogen and oxygen atoms in total. The lowest BCUT2D eigenvalue weighted by Gasteiger charge is -2.12. The second-order valence-electron chi connectivity index (χ2n) is 3.30. The topological polar surface area (TPSA) is 115 Å². The normalized spacial score (nSPS) is 23.3. The van der Waals surface area contributed by atoms with Gasteiger partial charge in [0.2, 0.25) is 0 Å². The van der Waals surface area contributed by atoms with Gasteiger partial charge >= 0.3 is 6.03 Å². The molecule has 0 aliphatic carbocycles. The molecule has 2 amide bonds. The van der Waals surface area contributed by atoms with Crippen molar-refractivity contribution in [2.75, 3.05) is 18.1 Å². The first-order chi connectivity index (χ1) is 6.89. The molecule has 0 spiro atoms. The summed E-state index contributed by atoms with van der Waals surface area (Å²) in [5, 5.41) is 14.4. The molecule has 1 heterocycles. The van der Waals surface area contributed by atoms with Gasteiger partial charge in [0.25, 0.3) is 0 Å². The van der Waals surface area contributed by atoms with Crippen LogP contribution in [-0.2, 0) is 14.6 Å². The fourth-order valence-electron chi connectivity index (χ4n) is 1.30. The molecule has 1 rings (SSSR count). The minimum atomic E-state index is -3.04. The van der Waals surface area contributed by atoms with E-state index in [1.807, 2.05) is 5.32 Å². The molecule has 15 heavy (non-hydrogen) atoms. The summed E-state index contributed by atoms with van der Waals surface area (Å²) in [6, 6.07) is -1.13. The molecule has 0 aromatic rings. The number of hydrogen-bond donors (Lipinski definition) is 2. The lowest BCUT2D eigenvalue weighted by molar-refractivity contribution is -0.303. The third kappa shape index (κ3) is 4.15. The smallest absolute Gasteiger partial charge is 0.315 e. The van der Waals surface area contributed by atoms with Crippen LogP contribution in [0.25, 0.3) is 0 Å². The maximum Gasteiger partial charge on any atom is 0.315 e. The molecule has 0 unspecified atom stereocenters. The number of urea groups is 1. The Balaban J connectivity index is 2.31. The molecule has 0 saturated carbocycles. The van der Waals surface area contributed by atoms with Gasteiger partial charge in [-0.15, -0.1) is 0 Å². The number of carbonyl (C=O) groups excluding carboxylic acids is 2. The van der Waals surface area contributed by atoms with E-state index in [4.69, 9.17) is 0 Å². The second kappa shape index (κ2) is 4.47. The summed E-state index contributed by atoms with van der Waals surface area (Å²) in [6.45, 7) is -0.592. The first-order valence-corrected chi connectivity index (χ1v) is 6.16. The molecular formula is C7H11N2O5S-. The molecular weight excluding hydrogens is 224 g/mol. The number of carboxylic acid groups (broad SMARTS) is 1. The van der Waals surface area contributed by atoms with Crippen molar-refractivity contribution >= 4 is 21.8 Å². The van der Waals surface area contributed by atoms with E-state index in [0.29, 0.717) is 6.42 Å². The number of hydrogen-bond acceptors (Lipinski definition) is 5. The summed E-state index contributed by atoms with van der Waals surface area (Å²) >= 11 is 0. The zero-order valence-electron chi connectivity index (χ0n) is 7.86. The lowest BCUT2D eigenvalue weighted by atomic mass is 10.3. The van der Waals surface area contributed by atoms with Crippen LogP contribution in [0, 0.1) is 0 Å². The first-order valence-electron chi connectivity index (χ1n) is 4.34. The number of sulfone groups is 1. The third-order valence-corrected chi connectivity index (χ3v) is 3.73. The molecule has 1 saturated heterocycles. The van der Waals surface area contributed by atoms with Crippen LogP contribution in [0.2, 0.25) is 0 Å². The fraction of sp³-hybridized carbons (Fsp3) is 0.714. The molecule has 8 heteroatoms. The Labute approximate surface area is 86.8 Å². The van der Waals surface area contributed by atoms with Gasteiger partial charge in [-0.1, -0.05) is 0 Å². The summed E-state index contributed by atoms with van der Waals surface area (Å²) < 4.78 is 22.0. The first kappa shape index (κ1) is 11.8. The lowest BCUT2D eigenvalue weighted by Crippen LogP contribution is -2.46. The Hall–Kier alpha value is -1.31. The van der Waals surface area contributed by atoms with E-state index in [1.165, 1.54) is 0 Å². The summed E-state index contributed by atoms with van der Waals surface area (Å²) in [5.41, 5.74) is 0. The van der Waals surface area contributed by atoms with E-state index >= 15 is 0 Å². The SMILES string of the molecule is O=C([O-])CNC(=O)N[C@@H]1CCS(=O)(=O)C1. The molecule has 0 radical (unpaired) electrons. The molecule has 2 N–H and O–H groups in total. The molecule has 0 bridgehead atoms. The summed E-state index contributed by atoms with van der Waals surface area (Å²) in [7, 11) is -3.04. The second-order valence-corrected chi connectivity index (χ2v) is 5.53. The molecule has 1 aliphatic heterocycles. The number of rotatable bonds is 3. The van der Waals surface area contributed by atoms with Crippen molar-refractivity contribution in [3.63, 3.8) is 0 Å². The average Bonchev–Trinajstić information content (AvgIpc) is 2.42. The standard InChI is InChI=1S/C7H12N2O5S/c10-6(11)3-8-7(12)9-5-1-2-15(13,14)4-5/h5H,1-4H2,(H,10,11)(H2,8,9,12)/p-1/t5-/m1/s1. The quantitative estimate of drug-likeness (QED) is 0.549. The number of nitrogens with one attached hydrogen (secondary N) is 2. The van der Waals surface area contributed by atoms with E-state index in [1.54, 1.807) is 0 Å². The molecule has 1 aliphatic rings. The van der Waals surface area contributed by atoms with Gasteiger partial charge in [0.15, 0.2) is 9.84 Å². The van der Waals surface area contributed by atoms with Crippen molar-refractivity contribution in [1.82, 2.24) is 10.6 Å². The largest absolute Gasteiger partial charge is 0.548 e. The van der Waals surface area contributed by atoms with Crippen molar-refractivity contribution in [1.29, 1.82) is 0 Å². The highest BCUT2D eigenvalue weighted by molar-refractivity contribution is 7.91. The van der Waals surface area contributed by atoms with Crippen molar-refractivity contribution in [2.24, 2.45) is 0 Å².